The van der Waals surface area contributed by atoms with Gasteiger partial charge in [-0.25, -0.2) is 0 Å². The van der Waals surface area contributed by atoms with Crippen LogP contribution in [0.5, 0.6) is 0 Å². The number of nitrogens with zero attached hydrogens (tertiary/aromatic N) is 1. The number of benzene rings is 2. The van der Waals surface area contributed by atoms with E-state index in [2.05, 4.69) is 43.4 Å². The number of para-hydroxylation sites is 1. The van der Waals surface area contributed by atoms with E-state index in [0.717, 1.165) is 22.2 Å². The highest BCUT2D eigenvalue weighted by Gasteiger charge is 2.16. The topological polar surface area (TPSA) is 42.0 Å². The first-order valence-electron chi connectivity index (χ1n) is 8.81. The summed E-state index contributed by atoms with van der Waals surface area (Å²) in [5, 5.41) is 4.31. The number of nitrogens with one attached hydrogen (secondary N) is 1. The summed E-state index contributed by atoms with van der Waals surface area (Å²) in [4.78, 5) is 17.1. The van der Waals surface area contributed by atoms with Crippen molar-refractivity contribution >= 4 is 16.8 Å². The molecule has 0 spiro atoms. The molecule has 0 aliphatic rings. The van der Waals surface area contributed by atoms with Crippen LogP contribution in [0.25, 0.3) is 10.9 Å². The summed E-state index contributed by atoms with van der Waals surface area (Å²) in [6.07, 6.45) is 1.22. The molecular weight excluding hydrogens is 308 g/mol. The van der Waals surface area contributed by atoms with Crippen LogP contribution in [-0.2, 0) is 11.2 Å². The fourth-order valence-corrected chi connectivity index (χ4v) is 2.99. The number of carbonyl (C=O) groups is 1. The number of carbonyl (C=O) groups excluding carboxylic acids is 1. The maximum atomic E-state index is 12.3. The first kappa shape index (κ1) is 17.2. The van der Waals surface area contributed by atoms with Gasteiger partial charge in [0.15, 0.2) is 0 Å². The summed E-state index contributed by atoms with van der Waals surface area (Å²) >= 11 is 0. The average molecular weight is 332 g/mol. The third-order valence-corrected chi connectivity index (χ3v) is 4.20. The van der Waals surface area contributed by atoms with Gasteiger partial charge in [0.25, 0.3) is 0 Å². The zero-order chi connectivity index (χ0) is 17.6. The highest BCUT2D eigenvalue weighted by atomic mass is 16.1. The Morgan fingerprint density at radius 3 is 2.44 bits per heavy atom. The highest BCUT2D eigenvalue weighted by molar-refractivity contribution is 5.78. The van der Waals surface area contributed by atoms with E-state index in [-0.39, 0.29) is 11.9 Å². The van der Waals surface area contributed by atoms with Crippen LogP contribution in [0.3, 0.4) is 0 Å². The van der Waals surface area contributed by atoms with Crippen molar-refractivity contribution in [2.75, 3.05) is 0 Å². The monoisotopic (exact) mass is 332 g/mol. The van der Waals surface area contributed by atoms with Gasteiger partial charge in [0, 0.05) is 23.9 Å². The maximum absolute atomic E-state index is 12.3. The Labute approximate surface area is 149 Å². The Kier molecular flexibility index (Phi) is 5.44. The van der Waals surface area contributed by atoms with Crippen molar-refractivity contribution < 1.29 is 4.79 Å². The first-order valence-corrected chi connectivity index (χ1v) is 8.81. The van der Waals surface area contributed by atoms with Crippen molar-refractivity contribution in [3.8, 4) is 0 Å². The minimum Gasteiger partial charge on any atom is -0.349 e. The highest BCUT2D eigenvalue weighted by Crippen LogP contribution is 2.20. The lowest BCUT2D eigenvalue weighted by atomic mass is 10.00. The van der Waals surface area contributed by atoms with Crippen molar-refractivity contribution in [1.82, 2.24) is 10.3 Å². The number of fused-ring (bicyclic) bond motifs is 1. The minimum atomic E-state index is -0.0684. The average Bonchev–Trinajstić information content (AvgIpc) is 2.61. The second-order valence-corrected chi connectivity index (χ2v) is 6.83. The molecule has 3 aromatic rings. The zero-order valence-corrected chi connectivity index (χ0v) is 14.8. The Bertz CT molecular complexity index is 843. The van der Waals surface area contributed by atoms with Gasteiger partial charge >= 0.3 is 0 Å². The third-order valence-electron chi connectivity index (χ3n) is 4.20. The van der Waals surface area contributed by atoms with E-state index in [4.69, 9.17) is 4.98 Å². The molecule has 1 atom stereocenters. The van der Waals surface area contributed by atoms with E-state index in [1.807, 2.05) is 42.5 Å². The molecule has 0 aliphatic heterocycles. The summed E-state index contributed by atoms with van der Waals surface area (Å²) in [5.74, 6) is 0.430. The van der Waals surface area contributed by atoms with E-state index in [0.29, 0.717) is 18.8 Å². The fraction of sp³-hybridized carbons (Fsp3) is 0.273. The summed E-state index contributed by atoms with van der Waals surface area (Å²) in [6, 6.07) is 22.3. The number of hydrogen-bond acceptors (Lipinski definition) is 2. The van der Waals surface area contributed by atoms with Crippen LogP contribution in [0.1, 0.15) is 37.6 Å². The van der Waals surface area contributed by atoms with Gasteiger partial charge < -0.3 is 5.32 Å². The van der Waals surface area contributed by atoms with Crippen LogP contribution in [0.4, 0.5) is 0 Å². The largest absolute Gasteiger partial charge is 0.349 e. The van der Waals surface area contributed by atoms with Crippen LogP contribution in [0, 0.1) is 5.92 Å². The van der Waals surface area contributed by atoms with Gasteiger partial charge in [-0.05, 0) is 23.6 Å². The first-order chi connectivity index (χ1) is 12.1. The molecule has 1 heterocycles. The van der Waals surface area contributed by atoms with E-state index < -0.39 is 0 Å². The number of aromatic nitrogens is 1. The second-order valence-electron chi connectivity index (χ2n) is 6.83. The lowest BCUT2D eigenvalue weighted by Crippen LogP contribution is -2.30. The second kappa shape index (κ2) is 7.93. The molecule has 25 heavy (non-hydrogen) atoms. The summed E-state index contributed by atoms with van der Waals surface area (Å²) in [5.41, 5.74) is 3.08. The molecule has 0 fully saturated rings. The third kappa shape index (κ3) is 4.66. The van der Waals surface area contributed by atoms with E-state index in [9.17, 15) is 4.79 Å². The molecule has 3 nitrogen and oxygen atoms in total. The Balaban J connectivity index is 1.84. The van der Waals surface area contributed by atoms with Crippen molar-refractivity contribution in [1.29, 1.82) is 0 Å². The van der Waals surface area contributed by atoms with Crippen LogP contribution in [0.2, 0.25) is 0 Å². The predicted molar refractivity (Wildman–Crippen MR) is 102 cm³/mol. The Hall–Kier alpha value is -2.68. The van der Waals surface area contributed by atoms with Crippen molar-refractivity contribution in [2.45, 2.75) is 32.7 Å². The smallest absolute Gasteiger partial charge is 0.220 e. The van der Waals surface area contributed by atoms with Gasteiger partial charge in [-0.3, -0.25) is 9.78 Å². The molecule has 2 aromatic carbocycles. The molecule has 0 saturated heterocycles. The molecule has 1 amide bonds. The molecule has 3 rings (SSSR count). The van der Waals surface area contributed by atoms with Gasteiger partial charge in [0.05, 0.1) is 11.6 Å². The lowest BCUT2D eigenvalue weighted by Gasteiger charge is -2.20. The van der Waals surface area contributed by atoms with E-state index in [1.165, 1.54) is 0 Å². The molecule has 3 heteroatoms. The molecule has 128 valence electrons. The number of pyridine rings is 1. The van der Waals surface area contributed by atoms with Crippen molar-refractivity contribution in [2.24, 2.45) is 5.92 Å². The van der Waals surface area contributed by atoms with Crippen LogP contribution in [-0.4, -0.2) is 10.9 Å². The van der Waals surface area contributed by atoms with Crippen molar-refractivity contribution in [3.63, 3.8) is 0 Å². The van der Waals surface area contributed by atoms with Crippen LogP contribution >= 0.6 is 0 Å². The Morgan fingerprint density at radius 2 is 1.68 bits per heavy atom. The standard InChI is InChI=1S/C22H24N2O/c1-16(2)14-22(25)24-21(17-8-4-3-5-9-17)15-19-13-12-18-10-6-7-11-20(18)23-19/h3-13,16,21H,14-15H2,1-2H3,(H,24,25). The fourth-order valence-electron chi connectivity index (χ4n) is 2.99. The van der Waals surface area contributed by atoms with Gasteiger partial charge in [-0.2, -0.15) is 0 Å². The molecule has 0 saturated carbocycles. The quantitative estimate of drug-likeness (QED) is 0.712. The summed E-state index contributed by atoms with van der Waals surface area (Å²) in [7, 11) is 0. The number of amides is 1. The zero-order valence-electron chi connectivity index (χ0n) is 14.8. The predicted octanol–water partition coefficient (Wildman–Crippen LogP) is 4.68. The van der Waals surface area contributed by atoms with Crippen molar-refractivity contribution in [3.05, 3.63) is 78.0 Å². The number of rotatable bonds is 6. The van der Waals surface area contributed by atoms with Gasteiger partial charge in [-0.15, -0.1) is 0 Å². The molecular formula is C22H24N2O. The van der Waals surface area contributed by atoms with E-state index >= 15 is 0 Å². The molecule has 1 aromatic heterocycles. The summed E-state index contributed by atoms with van der Waals surface area (Å²) in [6.45, 7) is 4.12. The minimum absolute atomic E-state index is 0.0684. The van der Waals surface area contributed by atoms with Crippen LogP contribution < -0.4 is 5.32 Å². The number of hydrogen-bond donors (Lipinski definition) is 1. The lowest BCUT2D eigenvalue weighted by molar-refractivity contribution is -0.122. The van der Waals surface area contributed by atoms with Gasteiger partial charge in [-0.1, -0.05) is 68.4 Å². The SMILES string of the molecule is CC(C)CC(=O)NC(Cc1ccc2ccccc2n1)c1ccccc1. The molecule has 1 unspecified atom stereocenters. The van der Waals surface area contributed by atoms with Crippen LogP contribution in [0.15, 0.2) is 66.7 Å². The summed E-state index contributed by atoms with van der Waals surface area (Å²) < 4.78 is 0. The maximum Gasteiger partial charge on any atom is 0.220 e. The van der Waals surface area contributed by atoms with E-state index in [1.54, 1.807) is 0 Å². The normalized spacial score (nSPS) is 12.3. The molecule has 0 bridgehead atoms. The molecule has 0 radical (unpaired) electrons. The Morgan fingerprint density at radius 1 is 0.960 bits per heavy atom. The van der Waals surface area contributed by atoms with Gasteiger partial charge in [0.2, 0.25) is 5.91 Å². The van der Waals surface area contributed by atoms with Gasteiger partial charge in [0.1, 0.15) is 0 Å². The molecule has 1 N–H and O–H groups in total. The molecule has 0 aliphatic carbocycles.